The van der Waals surface area contributed by atoms with Crippen LogP contribution in [0, 0.1) is 6.92 Å². The van der Waals surface area contributed by atoms with Gasteiger partial charge in [0, 0.05) is 5.56 Å². The maximum absolute atomic E-state index is 12.3. The number of halogens is 1. The van der Waals surface area contributed by atoms with Crippen LogP contribution in [0.25, 0.3) is 6.08 Å². The Bertz CT molecular complexity index is 934. The summed E-state index contributed by atoms with van der Waals surface area (Å²) in [5.74, 6) is 1.09. The number of rotatable bonds is 6. The van der Waals surface area contributed by atoms with Crippen LogP contribution in [-0.4, -0.2) is 25.1 Å². The summed E-state index contributed by atoms with van der Waals surface area (Å²) in [4.78, 5) is 16.6. The molecule has 0 saturated heterocycles. The molecule has 0 amide bonds. The number of esters is 1. The van der Waals surface area contributed by atoms with E-state index in [0.29, 0.717) is 30.6 Å². The Labute approximate surface area is 166 Å². The first-order chi connectivity index (χ1) is 13.0. The number of cyclic esters (lactones) is 1. The molecule has 2 aromatic rings. The lowest BCUT2D eigenvalue weighted by atomic mass is 10.1. The van der Waals surface area contributed by atoms with Gasteiger partial charge in [-0.1, -0.05) is 18.2 Å². The molecule has 6 heteroatoms. The zero-order valence-corrected chi connectivity index (χ0v) is 17.0. The topological polar surface area (TPSA) is 57.1 Å². The summed E-state index contributed by atoms with van der Waals surface area (Å²) in [5, 5.41) is 0. The third-order valence-electron chi connectivity index (χ3n) is 3.92. The minimum Gasteiger partial charge on any atom is -0.490 e. The Hall–Kier alpha value is -2.60. The predicted molar refractivity (Wildman–Crippen MR) is 108 cm³/mol. The van der Waals surface area contributed by atoms with Crippen LogP contribution in [0.1, 0.15) is 30.5 Å². The molecule has 0 aliphatic carbocycles. The Morgan fingerprint density at radius 3 is 2.59 bits per heavy atom. The van der Waals surface area contributed by atoms with E-state index >= 15 is 0 Å². The van der Waals surface area contributed by atoms with Crippen LogP contribution in [-0.2, 0) is 9.53 Å². The van der Waals surface area contributed by atoms with Crippen molar-refractivity contribution in [1.82, 2.24) is 0 Å². The van der Waals surface area contributed by atoms with Gasteiger partial charge < -0.3 is 14.2 Å². The van der Waals surface area contributed by atoms with E-state index in [9.17, 15) is 4.79 Å². The molecule has 0 unspecified atom stereocenters. The van der Waals surface area contributed by atoms with Crippen molar-refractivity contribution in [3.8, 4) is 11.5 Å². The number of benzene rings is 2. The minimum absolute atomic E-state index is 0.242. The Balaban J connectivity index is 1.98. The van der Waals surface area contributed by atoms with Crippen molar-refractivity contribution in [2.75, 3.05) is 13.2 Å². The lowest BCUT2D eigenvalue weighted by molar-refractivity contribution is -0.129. The highest BCUT2D eigenvalue weighted by Gasteiger charge is 2.25. The largest absolute Gasteiger partial charge is 0.490 e. The summed E-state index contributed by atoms with van der Waals surface area (Å²) < 4.78 is 17.4. The molecule has 0 aromatic heterocycles. The van der Waals surface area contributed by atoms with Gasteiger partial charge in [0.2, 0.25) is 5.90 Å². The van der Waals surface area contributed by atoms with Crippen molar-refractivity contribution in [3.63, 3.8) is 0 Å². The fourth-order valence-electron chi connectivity index (χ4n) is 2.71. The summed E-state index contributed by atoms with van der Waals surface area (Å²) in [5.41, 5.74) is 2.80. The Kier molecular flexibility index (Phi) is 5.96. The van der Waals surface area contributed by atoms with E-state index in [1.54, 1.807) is 6.08 Å². The van der Waals surface area contributed by atoms with Gasteiger partial charge in [-0.15, -0.1) is 0 Å². The highest BCUT2D eigenvalue weighted by molar-refractivity contribution is 9.10. The van der Waals surface area contributed by atoms with Gasteiger partial charge >= 0.3 is 5.97 Å². The molecule has 0 atom stereocenters. The Morgan fingerprint density at radius 1 is 1.15 bits per heavy atom. The number of nitrogens with zero attached hydrogens (tertiary/aromatic N) is 1. The molecule has 1 heterocycles. The zero-order valence-electron chi connectivity index (χ0n) is 15.4. The molecule has 140 valence electrons. The number of carbonyl (C=O) groups is 1. The molecule has 0 fully saturated rings. The fourth-order valence-corrected chi connectivity index (χ4v) is 3.29. The van der Waals surface area contributed by atoms with Gasteiger partial charge in [0.25, 0.3) is 0 Å². The van der Waals surface area contributed by atoms with E-state index in [2.05, 4.69) is 20.9 Å². The number of carbonyl (C=O) groups excluding carboxylic acids is 1. The van der Waals surface area contributed by atoms with Crippen LogP contribution in [0.2, 0.25) is 0 Å². The van der Waals surface area contributed by atoms with Crippen LogP contribution >= 0.6 is 15.9 Å². The maximum atomic E-state index is 12.3. The quantitative estimate of drug-likeness (QED) is 0.483. The number of aliphatic imine (C=N–C) groups is 1. The van der Waals surface area contributed by atoms with Crippen molar-refractivity contribution in [1.29, 1.82) is 0 Å². The van der Waals surface area contributed by atoms with E-state index in [0.717, 1.165) is 21.2 Å². The maximum Gasteiger partial charge on any atom is 0.363 e. The fraction of sp³-hybridized carbons (Fsp3) is 0.238. The molecular weight excluding hydrogens is 410 g/mol. The summed E-state index contributed by atoms with van der Waals surface area (Å²) in [6, 6.07) is 11.3. The Morgan fingerprint density at radius 2 is 1.89 bits per heavy atom. The second-order valence-electron chi connectivity index (χ2n) is 5.85. The first-order valence-electron chi connectivity index (χ1n) is 8.71. The first kappa shape index (κ1) is 19.2. The number of hydrogen-bond acceptors (Lipinski definition) is 5. The molecular formula is C21H20BrNO4. The third-order valence-corrected chi connectivity index (χ3v) is 4.51. The van der Waals surface area contributed by atoms with Gasteiger partial charge in [-0.3, -0.25) is 0 Å². The smallest absolute Gasteiger partial charge is 0.363 e. The predicted octanol–water partition coefficient (Wildman–Crippen LogP) is 4.90. The van der Waals surface area contributed by atoms with Gasteiger partial charge in [-0.2, -0.15) is 0 Å². The third kappa shape index (κ3) is 4.22. The normalized spacial score (nSPS) is 14.9. The second kappa shape index (κ2) is 8.39. The lowest BCUT2D eigenvalue weighted by Gasteiger charge is -2.13. The van der Waals surface area contributed by atoms with Gasteiger partial charge in [0.15, 0.2) is 17.2 Å². The summed E-state index contributed by atoms with van der Waals surface area (Å²) in [6.07, 6.45) is 1.68. The molecule has 2 aromatic carbocycles. The van der Waals surface area contributed by atoms with Crippen LogP contribution in [0.3, 0.4) is 0 Å². The highest BCUT2D eigenvalue weighted by atomic mass is 79.9. The van der Waals surface area contributed by atoms with Gasteiger partial charge in [-0.05, 0) is 72.1 Å². The van der Waals surface area contributed by atoms with Crippen LogP contribution < -0.4 is 9.47 Å². The second-order valence-corrected chi connectivity index (χ2v) is 6.70. The van der Waals surface area contributed by atoms with Crippen LogP contribution in [0.4, 0.5) is 0 Å². The van der Waals surface area contributed by atoms with E-state index in [-0.39, 0.29) is 5.70 Å². The van der Waals surface area contributed by atoms with E-state index in [4.69, 9.17) is 14.2 Å². The minimum atomic E-state index is -0.476. The van der Waals surface area contributed by atoms with Crippen molar-refractivity contribution in [2.45, 2.75) is 20.8 Å². The molecule has 0 radical (unpaired) electrons. The van der Waals surface area contributed by atoms with Crippen molar-refractivity contribution >= 4 is 33.9 Å². The molecule has 3 rings (SSSR count). The highest BCUT2D eigenvalue weighted by Crippen LogP contribution is 2.37. The lowest BCUT2D eigenvalue weighted by Crippen LogP contribution is -2.06. The van der Waals surface area contributed by atoms with Crippen LogP contribution in [0.15, 0.2) is 51.6 Å². The molecule has 1 aliphatic heterocycles. The van der Waals surface area contributed by atoms with Crippen LogP contribution in [0.5, 0.6) is 11.5 Å². The molecule has 5 nitrogen and oxygen atoms in total. The molecule has 0 spiro atoms. The van der Waals surface area contributed by atoms with Crippen molar-refractivity contribution in [2.24, 2.45) is 4.99 Å². The van der Waals surface area contributed by atoms with E-state index < -0.39 is 5.97 Å². The first-order valence-corrected chi connectivity index (χ1v) is 9.50. The molecule has 0 bridgehead atoms. The molecule has 1 aliphatic rings. The summed E-state index contributed by atoms with van der Waals surface area (Å²) in [6.45, 7) is 6.79. The van der Waals surface area contributed by atoms with Crippen molar-refractivity contribution in [3.05, 3.63) is 63.3 Å². The van der Waals surface area contributed by atoms with Gasteiger partial charge in [-0.25, -0.2) is 9.79 Å². The SMILES string of the molecule is CCOc1cc(C=C2N=C(c3ccccc3C)OC2=O)cc(Br)c1OCC. The monoisotopic (exact) mass is 429 g/mol. The summed E-state index contributed by atoms with van der Waals surface area (Å²) in [7, 11) is 0. The van der Waals surface area contributed by atoms with Crippen molar-refractivity contribution < 1.29 is 19.0 Å². The standard InChI is InChI=1S/C21H20BrNO4/c1-4-25-18-12-14(10-16(22)19(18)26-5-2)11-17-21(24)27-20(23-17)15-9-7-6-8-13(15)3/h6-12H,4-5H2,1-3H3. The average molecular weight is 430 g/mol. The molecule has 0 N–H and O–H groups in total. The number of ether oxygens (including phenoxy) is 3. The zero-order chi connectivity index (χ0) is 19.4. The van der Waals surface area contributed by atoms with E-state index in [1.165, 1.54) is 0 Å². The molecule has 0 saturated carbocycles. The molecule has 27 heavy (non-hydrogen) atoms. The number of hydrogen-bond donors (Lipinski definition) is 0. The average Bonchev–Trinajstić information content (AvgIpc) is 2.99. The van der Waals surface area contributed by atoms with Gasteiger partial charge in [0.05, 0.1) is 17.7 Å². The summed E-state index contributed by atoms with van der Waals surface area (Å²) >= 11 is 3.51. The van der Waals surface area contributed by atoms with Gasteiger partial charge in [0.1, 0.15) is 0 Å². The van der Waals surface area contributed by atoms with E-state index in [1.807, 2.05) is 57.2 Å². The number of aryl methyl sites for hydroxylation is 1.